The molecule has 0 spiro atoms. The maximum Gasteiger partial charge on any atom is 0.311 e. The van der Waals surface area contributed by atoms with E-state index >= 15 is 0 Å². The zero-order chi connectivity index (χ0) is 18.5. The van der Waals surface area contributed by atoms with E-state index in [1.54, 1.807) is 48.5 Å². The number of hydrogen-bond donors (Lipinski definition) is 1. The summed E-state index contributed by atoms with van der Waals surface area (Å²) in [6.45, 7) is -0.187. The molecule has 0 aromatic heterocycles. The first kappa shape index (κ1) is 17.9. The monoisotopic (exact) mass is 372 g/mol. The molecule has 134 valence electrons. The number of nitrogens with one attached hydrogen (secondary N) is 1. The number of anilines is 2. The Kier molecular flexibility index (Phi) is 5.53. The van der Waals surface area contributed by atoms with E-state index in [0.717, 1.165) is 0 Å². The number of halogens is 1. The van der Waals surface area contributed by atoms with Crippen molar-refractivity contribution in [2.75, 3.05) is 23.4 Å². The van der Waals surface area contributed by atoms with Gasteiger partial charge in [0.2, 0.25) is 5.91 Å². The molecule has 0 aliphatic carbocycles. The molecule has 1 aliphatic rings. The van der Waals surface area contributed by atoms with Crippen molar-refractivity contribution in [3.63, 3.8) is 0 Å². The molecule has 3 rings (SSSR count). The number of benzene rings is 2. The number of ether oxygens (including phenoxy) is 1. The Balaban J connectivity index is 1.52. The minimum Gasteiger partial charge on any atom is -0.455 e. The molecule has 1 fully saturated rings. The fourth-order valence-corrected chi connectivity index (χ4v) is 2.92. The first-order valence-electron chi connectivity index (χ1n) is 8.10. The van der Waals surface area contributed by atoms with Gasteiger partial charge in [0.05, 0.1) is 5.92 Å². The van der Waals surface area contributed by atoms with Crippen LogP contribution in [-0.4, -0.2) is 30.9 Å². The van der Waals surface area contributed by atoms with Gasteiger partial charge in [-0.25, -0.2) is 0 Å². The molecule has 2 amide bonds. The molecule has 0 saturated carbocycles. The highest BCUT2D eigenvalue weighted by Gasteiger charge is 2.36. The molecule has 0 unspecified atom stereocenters. The highest BCUT2D eigenvalue weighted by atomic mass is 35.5. The van der Waals surface area contributed by atoms with E-state index in [1.807, 2.05) is 6.07 Å². The predicted molar refractivity (Wildman–Crippen MR) is 97.9 cm³/mol. The topological polar surface area (TPSA) is 75.7 Å². The Hall–Kier alpha value is -2.86. The molecular formula is C19H17ClN2O4. The summed E-state index contributed by atoms with van der Waals surface area (Å²) in [5.41, 5.74) is 1.26. The van der Waals surface area contributed by atoms with Crippen LogP contribution in [0.3, 0.4) is 0 Å². The lowest BCUT2D eigenvalue weighted by molar-refractivity contribution is -0.151. The third kappa shape index (κ3) is 4.40. The lowest BCUT2D eigenvalue weighted by Gasteiger charge is -2.16. The first-order chi connectivity index (χ1) is 12.5. The molecule has 2 aromatic carbocycles. The van der Waals surface area contributed by atoms with Gasteiger partial charge in [-0.1, -0.05) is 35.9 Å². The van der Waals surface area contributed by atoms with Crippen LogP contribution in [0.2, 0.25) is 5.02 Å². The molecule has 0 bridgehead atoms. The van der Waals surface area contributed by atoms with E-state index in [9.17, 15) is 14.4 Å². The van der Waals surface area contributed by atoms with Crippen LogP contribution >= 0.6 is 11.6 Å². The van der Waals surface area contributed by atoms with Gasteiger partial charge >= 0.3 is 5.97 Å². The van der Waals surface area contributed by atoms with Gasteiger partial charge < -0.3 is 15.0 Å². The molecule has 1 atom stereocenters. The van der Waals surface area contributed by atoms with E-state index in [4.69, 9.17) is 16.3 Å². The van der Waals surface area contributed by atoms with E-state index in [0.29, 0.717) is 16.4 Å². The van der Waals surface area contributed by atoms with Gasteiger partial charge in [0.15, 0.2) is 6.61 Å². The zero-order valence-electron chi connectivity index (χ0n) is 13.9. The number of amides is 2. The summed E-state index contributed by atoms with van der Waals surface area (Å²) in [6.07, 6.45) is 0.0473. The Bertz CT molecular complexity index is 825. The smallest absolute Gasteiger partial charge is 0.311 e. The van der Waals surface area contributed by atoms with Gasteiger partial charge in [-0.05, 0) is 30.3 Å². The second-order valence-electron chi connectivity index (χ2n) is 5.91. The summed E-state index contributed by atoms with van der Waals surface area (Å²) in [4.78, 5) is 37.7. The number of carbonyl (C=O) groups is 3. The molecule has 0 radical (unpaired) electrons. The second kappa shape index (κ2) is 8.01. The van der Waals surface area contributed by atoms with Gasteiger partial charge in [0.1, 0.15) is 0 Å². The quantitative estimate of drug-likeness (QED) is 0.819. The summed E-state index contributed by atoms with van der Waals surface area (Å²) < 4.78 is 5.06. The summed E-state index contributed by atoms with van der Waals surface area (Å²) in [5, 5.41) is 3.14. The molecule has 1 heterocycles. The van der Waals surface area contributed by atoms with E-state index < -0.39 is 24.4 Å². The molecule has 1 saturated heterocycles. The van der Waals surface area contributed by atoms with Gasteiger partial charge in [-0.2, -0.15) is 0 Å². The molecule has 7 heteroatoms. The average molecular weight is 373 g/mol. The maximum atomic E-state index is 12.2. The Labute approximate surface area is 155 Å². The van der Waals surface area contributed by atoms with Crippen molar-refractivity contribution in [3.8, 4) is 0 Å². The maximum absolute atomic E-state index is 12.2. The van der Waals surface area contributed by atoms with Crippen LogP contribution in [0.5, 0.6) is 0 Å². The van der Waals surface area contributed by atoms with Gasteiger partial charge in [-0.15, -0.1) is 0 Å². The van der Waals surface area contributed by atoms with Crippen LogP contribution < -0.4 is 10.2 Å². The third-order valence-corrected chi connectivity index (χ3v) is 4.22. The Morgan fingerprint density at radius 2 is 1.92 bits per heavy atom. The van der Waals surface area contributed by atoms with Crippen molar-refractivity contribution in [1.82, 2.24) is 0 Å². The van der Waals surface area contributed by atoms with Gasteiger partial charge in [0.25, 0.3) is 5.91 Å². The van der Waals surface area contributed by atoms with Crippen LogP contribution in [-0.2, 0) is 19.1 Å². The number of nitrogens with zero attached hydrogens (tertiary/aromatic N) is 1. The lowest BCUT2D eigenvalue weighted by atomic mass is 10.1. The number of para-hydroxylation sites is 1. The fraction of sp³-hybridized carbons (Fsp3) is 0.211. The Morgan fingerprint density at radius 1 is 1.15 bits per heavy atom. The van der Waals surface area contributed by atoms with Gasteiger partial charge in [-0.3, -0.25) is 14.4 Å². The minimum atomic E-state index is -0.606. The molecular weight excluding hydrogens is 356 g/mol. The highest BCUT2D eigenvalue weighted by Crippen LogP contribution is 2.27. The van der Waals surface area contributed by atoms with E-state index in [-0.39, 0.29) is 18.9 Å². The fourth-order valence-electron chi connectivity index (χ4n) is 2.73. The highest BCUT2D eigenvalue weighted by molar-refractivity contribution is 6.31. The van der Waals surface area contributed by atoms with Crippen LogP contribution in [0, 0.1) is 5.92 Å². The van der Waals surface area contributed by atoms with E-state index in [2.05, 4.69) is 5.32 Å². The van der Waals surface area contributed by atoms with Crippen LogP contribution in [0.15, 0.2) is 54.6 Å². The van der Waals surface area contributed by atoms with Crippen molar-refractivity contribution >= 4 is 40.8 Å². The number of carbonyl (C=O) groups excluding carboxylic acids is 3. The number of hydrogen-bond acceptors (Lipinski definition) is 4. The zero-order valence-corrected chi connectivity index (χ0v) is 14.6. The summed E-state index contributed by atoms with van der Waals surface area (Å²) >= 11 is 5.95. The summed E-state index contributed by atoms with van der Waals surface area (Å²) in [6, 6.07) is 15.7. The van der Waals surface area contributed by atoms with Crippen LogP contribution in [0.1, 0.15) is 6.42 Å². The molecule has 6 nitrogen and oxygen atoms in total. The molecule has 2 aromatic rings. The van der Waals surface area contributed by atoms with Gasteiger partial charge in [0, 0.05) is 29.4 Å². The SMILES string of the molecule is O=C(COC(=O)[C@@H]1CC(=O)N(c2cccc(Cl)c2)C1)Nc1ccccc1. The molecule has 26 heavy (non-hydrogen) atoms. The summed E-state index contributed by atoms with van der Waals surface area (Å²) in [5.74, 6) is -1.78. The summed E-state index contributed by atoms with van der Waals surface area (Å²) in [7, 11) is 0. The predicted octanol–water partition coefficient (Wildman–Crippen LogP) is 2.87. The second-order valence-corrected chi connectivity index (χ2v) is 6.34. The van der Waals surface area contributed by atoms with Crippen LogP contribution in [0.25, 0.3) is 0 Å². The van der Waals surface area contributed by atoms with Crippen molar-refractivity contribution in [3.05, 3.63) is 59.6 Å². The minimum absolute atomic E-state index is 0.0473. The van der Waals surface area contributed by atoms with Crippen molar-refractivity contribution in [2.45, 2.75) is 6.42 Å². The lowest BCUT2D eigenvalue weighted by Crippen LogP contribution is -2.28. The average Bonchev–Trinajstić information content (AvgIpc) is 3.02. The van der Waals surface area contributed by atoms with Crippen molar-refractivity contribution in [1.29, 1.82) is 0 Å². The largest absolute Gasteiger partial charge is 0.455 e. The number of rotatable bonds is 5. The molecule has 1 aliphatic heterocycles. The normalized spacial score (nSPS) is 16.4. The van der Waals surface area contributed by atoms with Crippen molar-refractivity contribution < 1.29 is 19.1 Å². The Morgan fingerprint density at radius 3 is 2.65 bits per heavy atom. The first-order valence-corrected chi connectivity index (χ1v) is 8.48. The molecule has 1 N–H and O–H groups in total. The van der Waals surface area contributed by atoms with Crippen LogP contribution in [0.4, 0.5) is 11.4 Å². The standard InChI is InChI=1S/C19H17ClN2O4/c20-14-5-4-8-16(10-14)22-11-13(9-18(22)24)19(25)26-12-17(23)21-15-6-2-1-3-7-15/h1-8,10,13H,9,11-12H2,(H,21,23)/t13-/m1/s1. The van der Waals surface area contributed by atoms with Crippen molar-refractivity contribution in [2.24, 2.45) is 5.92 Å². The third-order valence-electron chi connectivity index (χ3n) is 3.98. The van der Waals surface area contributed by atoms with E-state index in [1.165, 1.54) is 4.90 Å². The number of esters is 1.